The quantitative estimate of drug-likeness (QED) is 0.831. The van der Waals surface area contributed by atoms with E-state index in [-0.39, 0.29) is 17.6 Å². The van der Waals surface area contributed by atoms with E-state index in [2.05, 4.69) is 39.0 Å². The van der Waals surface area contributed by atoms with Gasteiger partial charge in [0.2, 0.25) is 0 Å². The Labute approximate surface area is 168 Å². The zero-order valence-electron chi connectivity index (χ0n) is 15.7. The second-order valence-electron chi connectivity index (χ2n) is 7.69. The third kappa shape index (κ3) is 4.78. The van der Waals surface area contributed by atoms with Crippen LogP contribution in [-0.2, 0) is 22.6 Å². The van der Waals surface area contributed by atoms with Gasteiger partial charge in [0.15, 0.2) is 0 Å². The monoisotopic (exact) mass is 405 g/mol. The lowest BCUT2D eigenvalue weighted by Crippen LogP contribution is -2.61. The van der Waals surface area contributed by atoms with Crippen molar-refractivity contribution < 1.29 is 9.53 Å². The lowest BCUT2D eigenvalue weighted by Gasteiger charge is -2.48. The zero-order chi connectivity index (χ0) is 18.7. The third-order valence-electron chi connectivity index (χ3n) is 5.49. The van der Waals surface area contributed by atoms with Crippen LogP contribution < -0.4 is 5.32 Å². The van der Waals surface area contributed by atoms with E-state index in [0.717, 1.165) is 39.0 Å². The summed E-state index contributed by atoms with van der Waals surface area (Å²) in [6, 6.07) is 6.26. The average Bonchev–Trinajstić information content (AvgIpc) is 3.35. The molecule has 146 valence electrons. The highest BCUT2D eigenvalue weighted by molar-refractivity contribution is 7.09. The van der Waals surface area contributed by atoms with Crippen molar-refractivity contribution in [3.05, 3.63) is 44.8 Å². The molecule has 7 heteroatoms. The first-order chi connectivity index (χ1) is 13.1. The lowest BCUT2D eigenvalue weighted by atomic mass is 9.88. The first-order valence-electron chi connectivity index (χ1n) is 9.52. The Morgan fingerprint density at radius 1 is 1.33 bits per heavy atom. The van der Waals surface area contributed by atoms with Crippen molar-refractivity contribution in [2.75, 3.05) is 33.2 Å². The molecule has 27 heavy (non-hydrogen) atoms. The molecule has 2 fully saturated rings. The SMILES string of the molecule is CN1C[C@@H](C(=O)NCc2cccs2)OC2(CCN(Cc3ccsc3)CC2)C1. The number of thiophene rings is 2. The molecule has 0 bridgehead atoms. The molecule has 0 saturated carbocycles. The molecule has 1 N–H and O–H groups in total. The molecular weight excluding hydrogens is 378 g/mol. The molecule has 1 atom stereocenters. The van der Waals surface area contributed by atoms with Gasteiger partial charge in [0.1, 0.15) is 6.10 Å². The van der Waals surface area contributed by atoms with Gasteiger partial charge < -0.3 is 15.0 Å². The maximum Gasteiger partial charge on any atom is 0.250 e. The molecule has 2 aromatic heterocycles. The number of rotatable bonds is 5. The van der Waals surface area contributed by atoms with Crippen LogP contribution in [0.5, 0.6) is 0 Å². The predicted molar refractivity (Wildman–Crippen MR) is 110 cm³/mol. The largest absolute Gasteiger partial charge is 0.359 e. The van der Waals surface area contributed by atoms with Gasteiger partial charge in [-0.15, -0.1) is 11.3 Å². The van der Waals surface area contributed by atoms with Crippen molar-refractivity contribution in [3.8, 4) is 0 Å². The van der Waals surface area contributed by atoms with Crippen molar-refractivity contribution in [2.45, 2.75) is 37.6 Å². The topological polar surface area (TPSA) is 44.8 Å². The molecule has 1 amide bonds. The molecule has 2 saturated heterocycles. The highest BCUT2D eigenvalue weighted by atomic mass is 32.1. The van der Waals surface area contributed by atoms with Gasteiger partial charge in [-0.1, -0.05) is 6.07 Å². The van der Waals surface area contributed by atoms with Crippen LogP contribution in [0.15, 0.2) is 34.3 Å². The second kappa shape index (κ2) is 8.41. The number of carbonyl (C=O) groups is 1. The van der Waals surface area contributed by atoms with E-state index in [1.54, 1.807) is 22.7 Å². The standard InChI is InChI=1S/C20H27N3O2S2/c1-22-13-18(19(24)21-11-17-3-2-9-27-17)25-20(15-22)5-7-23(8-6-20)12-16-4-10-26-14-16/h2-4,9-10,14,18H,5-8,11-13,15H2,1H3,(H,21,24)/t18-/m0/s1. The molecule has 1 spiro atoms. The van der Waals surface area contributed by atoms with Crippen LogP contribution >= 0.6 is 22.7 Å². The molecule has 4 heterocycles. The fourth-order valence-corrected chi connectivity index (χ4v) is 5.39. The Bertz CT molecular complexity index is 725. The maximum absolute atomic E-state index is 12.7. The predicted octanol–water partition coefficient (Wildman–Crippen LogP) is 2.79. The number of nitrogens with zero attached hydrogens (tertiary/aromatic N) is 2. The summed E-state index contributed by atoms with van der Waals surface area (Å²) in [5.74, 6) is 0.00928. The Morgan fingerprint density at radius 2 is 2.19 bits per heavy atom. The Hall–Kier alpha value is -1.25. The lowest BCUT2D eigenvalue weighted by molar-refractivity contribution is -0.182. The van der Waals surface area contributed by atoms with E-state index in [1.807, 2.05) is 17.5 Å². The van der Waals surface area contributed by atoms with Crippen LogP contribution in [0.4, 0.5) is 0 Å². The Balaban J connectivity index is 1.32. The first-order valence-corrected chi connectivity index (χ1v) is 11.3. The fourth-order valence-electron chi connectivity index (χ4n) is 4.09. The minimum absolute atomic E-state index is 0.00928. The van der Waals surface area contributed by atoms with E-state index in [1.165, 1.54) is 10.4 Å². The van der Waals surface area contributed by atoms with Crippen molar-refractivity contribution in [1.82, 2.24) is 15.1 Å². The Kier molecular flexibility index (Phi) is 5.94. The molecule has 0 aliphatic carbocycles. The number of amides is 1. The first kappa shape index (κ1) is 19.1. The summed E-state index contributed by atoms with van der Waals surface area (Å²) in [6.45, 7) is 5.22. The number of hydrogen-bond acceptors (Lipinski definition) is 6. The summed E-state index contributed by atoms with van der Waals surface area (Å²) >= 11 is 3.42. The van der Waals surface area contributed by atoms with Gasteiger partial charge >= 0.3 is 0 Å². The number of hydrogen-bond donors (Lipinski definition) is 1. The molecule has 2 aliphatic rings. The molecule has 0 radical (unpaired) electrons. The zero-order valence-corrected chi connectivity index (χ0v) is 17.4. The van der Waals surface area contributed by atoms with Crippen molar-refractivity contribution in [3.63, 3.8) is 0 Å². The fraction of sp³-hybridized carbons (Fsp3) is 0.550. The average molecular weight is 406 g/mol. The molecule has 0 aromatic carbocycles. The van der Waals surface area contributed by atoms with Crippen molar-refractivity contribution in [1.29, 1.82) is 0 Å². The number of ether oxygens (including phenoxy) is 1. The van der Waals surface area contributed by atoms with Gasteiger partial charge in [-0.05, 0) is 53.7 Å². The van der Waals surface area contributed by atoms with Gasteiger partial charge in [-0.25, -0.2) is 0 Å². The number of morpholine rings is 1. The molecule has 2 aliphatic heterocycles. The summed E-state index contributed by atoms with van der Waals surface area (Å²) in [7, 11) is 2.10. The van der Waals surface area contributed by atoms with Gasteiger partial charge in [-0.3, -0.25) is 9.69 Å². The smallest absolute Gasteiger partial charge is 0.250 e. The minimum atomic E-state index is -0.382. The third-order valence-corrected chi connectivity index (χ3v) is 7.10. The highest BCUT2D eigenvalue weighted by Gasteiger charge is 2.43. The number of carbonyl (C=O) groups excluding carboxylic acids is 1. The van der Waals surface area contributed by atoms with Crippen LogP contribution in [0.25, 0.3) is 0 Å². The van der Waals surface area contributed by atoms with E-state index in [0.29, 0.717) is 13.1 Å². The van der Waals surface area contributed by atoms with Crippen LogP contribution in [-0.4, -0.2) is 60.6 Å². The van der Waals surface area contributed by atoms with Gasteiger partial charge in [0.05, 0.1) is 12.1 Å². The summed E-state index contributed by atoms with van der Waals surface area (Å²) < 4.78 is 6.43. The van der Waals surface area contributed by atoms with Crippen LogP contribution in [0, 0.1) is 0 Å². The molecule has 2 aromatic rings. The van der Waals surface area contributed by atoms with Crippen LogP contribution in [0.2, 0.25) is 0 Å². The van der Waals surface area contributed by atoms with Gasteiger partial charge in [-0.2, -0.15) is 11.3 Å². The summed E-state index contributed by atoms with van der Waals surface area (Å²) in [5, 5.41) is 9.44. The van der Waals surface area contributed by atoms with E-state index in [9.17, 15) is 4.79 Å². The van der Waals surface area contributed by atoms with Gasteiger partial charge in [0, 0.05) is 37.6 Å². The summed E-state index contributed by atoms with van der Waals surface area (Å²) in [6.07, 6.45) is 1.58. The summed E-state index contributed by atoms with van der Waals surface area (Å²) in [5.41, 5.74) is 1.20. The second-order valence-corrected chi connectivity index (χ2v) is 9.50. The van der Waals surface area contributed by atoms with E-state index in [4.69, 9.17) is 4.74 Å². The number of nitrogens with one attached hydrogen (secondary N) is 1. The molecule has 4 rings (SSSR count). The molecular formula is C20H27N3O2S2. The summed E-state index contributed by atoms with van der Waals surface area (Å²) in [4.78, 5) is 18.6. The minimum Gasteiger partial charge on any atom is -0.359 e. The normalized spacial score (nSPS) is 23.5. The molecule has 0 unspecified atom stereocenters. The Morgan fingerprint density at radius 3 is 2.89 bits per heavy atom. The van der Waals surface area contributed by atoms with E-state index >= 15 is 0 Å². The molecule has 5 nitrogen and oxygen atoms in total. The highest BCUT2D eigenvalue weighted by Crippen LogP contribution is 2.32. The van der Waals surface area contributed by atoms with Crippen molar-refractivity contribution in [2.24, 2.45) is 0 Å². The van der Waals surface area contributed by atoms with Crippen LogP contribution in [0.1, 0.15) is 23.3 Å². The number of piperidine rings is 1. The maximum atomic E-state index is 12.7. The van der Waals surface area contributed by atoms with E-state index < -0.39 is 0 Å². The van der Waals surface area contributed by atoms with Crippen LogP contribution in [0.3, 0.4) is 0 Å². The van der Waals surface area contributed by atoms with Crippen molar-refractivity contribution >= 4 is 28.6 Å². The van der Waals surface area contributed by atoms with Gasteiger partial charge in [0.25, 0.3) is 5.91 Å². The number of likely N-dealkylation sites (N-methyl/N-ethyl adjacent to an activating group) is 1. The number of likely N-dealkylation sites (tertiary alicyclic amines) is 1.